The molecule has 2 atom stereocenters. The average molecular weight is 492 g/mol. The van der Waals surface area contributed by atoms with Crippen molar-refractivity contribution in [2.24, 2.45) is 5.92 Å². The van der Waals surface area contributed by atoms with Gasteiger partial charge in [-0.2, -0.15) is 0 Å². The first-order valence-electron chi connectivity index (χ1n) is 11.7. The number of halogens is 1. The summed E-state index contributed by atoms with van der Waals surface area (Å²) in [6.07, 6.45) is 0.876. The molecule has 2 unspecified atom stereocenters. The van der Waals surface area contributed by atoms with Crippen LogP contribution in [-0.4, -0.2) is 41.7 Å². The van der Waals surface area contributed by atoms with Gasteiger partial charge in [-0.05, 0) is 60.9 Å². The molecule has 2 aliphatic rings. The lowest BCUT2D eigenvalue weighted by atomic mass is 9.83. The number of hydrogen-bond donors (Lipinski definition) is 3. The number of para-hydroxylation sites is 2. The van der Waals surface area contributed by atoms with Crippen molar-refractivity contribution < 1.29 is 18.7 Å². The number of fused-ring (bicyclic) bond motifs is 4. The number of hydrogen-bond acceptors (Lipinski definition) is 4. The number of methoxy groups -OCH3 is 1. The molecule has 0 aliphatic carbocycles. The highest BCUT2D eigenvalue weighted by molar-refractivity contribution is 6.00. The zero-order chi connectivity index (χ0) is 25.2. The highest BCUT2D eigenvalue weighted by Gasteiger charge is 2.36. The van der Waals surface area contributed by atoms with Crippen molar-refractivity contribution >= 4 is 29.1 Å². The van der Waals surface area contributed by atoms with E-state index < -0.39 is 6.03 Å². The van der Waals surface area contributed by atoms with E-state index in [0.29, 0.717) is 36.8 Å². The van der Waals surface area contributed by atoms with Crippen LogP contribution in [-0.2, 0) is 6.54 Å². The lowest BCUT2D eigenvalue weighted by Gasteiger charge is -2.42. The van der Waals surface area contributed by atoms with Crippen LogP contribution in [0.15, 0.2) is 65.5 Å². The summed E-state index contributed by atoms with van der Waals surface area (Å²) in [5.41, 5.74) is 1.75. The van der Waals surface area contributed by atoms with Gasteiger partial charge in [0.25, 0.3) is 5.56 Å². The SMILES string of the molecule is COc1ccccc1NC(=O)Nc1ccc2n(c1=O)CC1CC2CN(C(=O)Nc2ccc(F)cc2)C1. The number of aromatic nitrogens is 1. The smallest absolute Gasteiger partial charge is 0.323 e. The van der Waals surface area contributed by atoms with Crippen LogP contribution in [0.5, 0.6) is 5.75 Å². The first-order valence-corrected chi connectivity index (χ1v) is 11.7. The molecule has 0 saturated carbocycles. The Morgan fingerprint density at radius 1 is 0.917 bits per heavy atom. The minimum absolute atomic E-state index is 0.000578. The van der Waals surface area contributed by atoms with Crippen LogP contribution < -0.4 is 26.2 Å². The summed E-state index contributed by atoms with van der Waals surface area (Å²) in [5, 5.41) is 8.16. The number of carbonyl (C=O) groups is 2. The van der Waals surface area contributed by atoms with Gasteiger partial charge >= 0.3 is 12.1 Å². The van der Waals surface area contributed by atoms with E-state index in [0.717, 1.165) is 12.1 Å². The summed E-state index contributed by atoms with van der Waals surface area (Å²) in [7, 11) is 1.51. The number of benzene rings is 2. The first kappa shape index (κ1) is 23.4. The fourth-order valence-corrected chi connectivity index (χ4v) is 4.97. The number of amides is 4. The average Bonchev–Trinajstić information content (AvgIpc) is 2.87. The Morgan fingerprint density at radius 3 is 2.44 bits per heavy atom. The largest absolute Gasteiger partial charge is 0.495 e. The van der Waals surface area contributed by atoms with Crippen molar-refractivity contribution in [2.45, 2.75) is 18.9 Å². The lowest BCUT2D eigenvalue weighted by Crippen LogP contribution is -2.50. The molecular formula is C26H26FN5O4. The summed E-state index contributed by atoms with van der Waals surface area (Å²) in [5.74, 6) is 0.246. The molecule has 2 bridgehead atoms. The highest BCUT2D eigenvalue weighted by atomic mass is 19.1. The van der Waals surface area contributed by atoms with Gasteiger partial charge in [0.2, 0.25) is 0 Å². The van der Waals surface area contributed by atoms with Gasteiger partial charge in [-0.25, -0.2) is 14.0 Å². The number of nitrogens with zero attached hydrogens (tertiary/aromatic N) is 2. The van der Waals surface area contributed by atoms with Crippen LogP contribution in [0.1, 0.15) is 18.0 Å². The number of rotatable bonds is 4. The number of piperidine rings is 1. The molecule has 5 rings (SSSR count). The minimum Gasteiger partial charge on any atom is -0.495 e. The molecular weight excluding hydrogens is 465 g/mol. The van der Waals surface area contributed by atoms with Crippen molar-refractivity contribution in [1.82, 2.24) is 9.47 Å². The molecule has 2 aliphatic heterocycles. The van der Waals surface area contributed by atoms with Gasteiger partial charge in [0.05, 0.1) is 12.8 Å². The van der Waals surface area contributed by atoms with Crippen LogP contribution in [0.2, 0.25) is 0 Å². The Labute approximate surface area is 206 Å². The summed E-state index contributed by atoms with van der Waals surface area (Å²) in [6, 6.07) is 15.3. The first-order chi connectivity index (χ1) is 17.4. The summed E-state index contributed by atoms with van der Waals surface area (Å²) >= 11 is 0. The van der Waals surface area contributed by atoms with Crippen molar-refractivity contribution in [2.75, 3.05) is 36.1 Å². The molecule has 186 valence electrons. The molecule has 9 nitrogen and oxygen atoms in total. The van der Waals surface area contributed by atoms with Crippen LogP contribution in [0.3, 0.4) is 0 Å². The molecule has 1 aromatic heterocycles. The second kappa shape index (κ2) is 9.73. The topological polar surface area (TPSA) is 105 Å². The molecule has 2 aromatic carbocycles. The van der Waals surface area contributed by atoms with E-state index >= 15 is 0 Å². The number of urea groups is 2. The highest BCUT2D eigenvalue weighted by Crippen LogP contribution is 2.35. The normalized spacial score (nSPS) is 18.1. The predicted molar refractivity (Wildman–Crippen MR) is 134 cm³/mol. The predicted octanol–water partition coefficient (Wildman–Crippen LogP) is 4.29. The maximum Gasteiger partial charge on any atom is 0.323 e. The quantitative estimate of drug-likeness (QED) is 0.506. The van der Waals surface area contributed by atoms with Crippen molar-refractivity contribution in [1.29, 1.82) is 0 Å². The van der Waals surface area contributed by atoms with Gasteiger partial charge in [0.15, 0.2) is 0 Å². The van der Waals surface area contributed by atoms with Crippen molar-refractivity contribution in [3.05, 3.63) is 82.5 Å². The molecule has 1 saturated heterocycles. The zero-order valence-corrected chi connectivity index (χ0v) is 19.7. The van der Waals surface area contributed by atoms with Gasteiger partial charge in [-0.1, -0.05) is 12.1 Å². The van der Waals surface area contributed by atoms with Crippen LogP contribution in [0, 0.1) is 11.7 Å². The Bertz CT molecular complexity index is 1360. The van der Waals surface area contributed by atoms with Crippen molar-refractivity contribution in [3.8, 4) is 5.75 Å². The number of likely N-dealkylation sites (tertiary alicyclic amines) is 1. The number of pyridine rings is 1. The standard InChI is InChI=1S/C26H26FN5O4/c1-36-23-5-3-2-4-20(23)29-25(34)30-21-10-11-22-17-12-16(14-32(22)24(21)33)13-31(15-17)26(35)28-19-8-6-18(27)7-9-19/h2-11,16-17H,12-15H2,1H3,(H,28,35)(H2,29,30,34). The third kappa shape index (κ3) is 4.74. The van der Waals surface area contributed by atoms with E-state index in [1.54, 1.807) is 39.8 Å². The maximum absolute atomic E-state index is 13.2. The van der Waals surface area contributed by atoms with Crippen LogP contribution in [0.25, 0.3) is 0 Å². The van der Waals surface area contributed by atoms with Gasteiger partial charge in [-0.3, -0.25) is 4.79 Å². The summed E-state index contributed by atoms with van der Waals surface area (Å²) in [6.45, 7) is 1.42. The fourth-order valence-electron chi connectivity index (χ4n) is 4.97. The number of nitrogens with one attached hydrogen (secondary N) is 3. The molecule has 0 radical (unpaired) electrons. The van der Waals surface area contributed by atoms with Gasteiger partial charge in [-0.15, -0.1) is 0 Å². The van der Waals surface area contributed by atoms with Gasteiger partial charge in [0, 0.05) is 36.9 Å². The van der Waals surface area contributed by atoms with E-state index in [-0.39, 0.29) is 34.9 Å². The number of anilines is 3. The van der Waals surface area contributed by atoms with Gasteiger partial charge in [0.1, 0.15) is 17.3 Å². The Balaban J connectivity index is 1.28. The van der Waals surface area contributed by atoms with Crippen LogP contribution >= 0.6 is 0 Å². The maximum atomic E-state index is 13.2. The van der Waals surface area contributed by atoms with E-state index in [1.807, 2.05) is 6.07 Å². The molecule has 3 N–H and O–H groups in total. The Kier molecular flexibility index (Phi) is 6.32. The second-order valence-electron chi connectivity index (χ2n) is 9.01. The van der Waals surface area contributed by atoms with Crippen molar-refractivity contribution in [3.63, 3.8) is 0 Å². The van der Waals surface area contributed by atoms with E-state index in [1.165, 1.54) is 31.4 Å². The molecule has 3 aromatic rings. The van der Waals surface area contributed by atoms with Crippen LogP contribution in [0.4, 0.5) is 31.0 Å². The van der Waals surface area contributed by atoms with E-state index in [9.17, 15) is 18.8 Å². The molecule has 3 heterocycles. The number of carbonyl (C=O) groups excluding carboxylic acids is 2. The fraction of sp³-hybridized carbons (Fsp3) is 0.269. The molecule has 4 amide bonds. The Hall–Kier alpha value is -4.34. The third-order valence-corrected chi connectivity index (χ3v) is 6.59. The van der Waals surface area contributed by atoms with E-state index in [4.69, 9.17) is 4.74 Å². The molecule has 1 fully saturated rings. The van der Waals surface area contributed by atoms with E-state index in [2.05, 4.69) is 16.0 Å². The monoisotopic (exact) mass is 491 g/mol. The minimum atomic E-state index is -0.545. The lowest BCUT2D eigenvalue weighted by molar-refractivity contribution is 0.139. The second-order valence-corrected chi connectivity index (χ2v) is 9.01. The summed E-state index contributed by atoms with van der Waals surface area (Å²) < 4.78 is 20.1. The molecule has 0 spiro atoms. The Morgan fingerprint density at radius 2 is 1.67 bits per heavy atom. The van der Waals surface area contributed by atoms with Gasteiger partial charge < -0.3 is 30.2 Å². The molecule has 36 heavy (non-hydrogen) atoms. The number of ether oxygens (including phenoxy) is 1. The zero-order valence-electron chi connectivity index (χ0n) is 19.7. The third-order valence-electron chi connectivity index (χ3n) is 6.59. The summed E-state index contributed by atoms with van der Waals surface area (Å²) in [4.78, 5) is 40.3. The molecule has 10 heteroatoms.